The summed E-state index contributed by atoms with van der Waals surface area (Å²) in [6.45, 7) is 2.40. The van der Waals surface area contributed by atoms with E-state index in [-0.39, 0.29) is 11.5 Å². The Labute approximate surface area is 177 Å². The third kappa shape index (κ3) is 3.66. The maximum Gasteiger partial charge on any atom is 0.255 e. The van der Waals surface area contributed by atoms with Gasteiger partial charge in [-0.25, -0.2) is 15.0 Å². The Bertz CT molecular complexity index is 1170. The zero-order chi connectivity index (χ0) is 21.3. The van der Waals surface area contributed by atoms with Crippen LogP contribution in [0.5, 0.6) is 5.75 Å². The van der Waals surface area contributed by atoms with Gasteiger partial charge in [-0.2, -0.15) is 0 Å². The lowest BCUT2D eigenvalue weighted by atomic mass is 9.90. The summed E-state index contributed by atoms with van der Waals surface area (Å²) in [5, 5.41) is 3.47. The van der Waals surface area contributed by atoms with E-state index in [9.17, 15) is 9.59 Å². The normalized spacial score (nSPS) is 17.8. The van der Waals surface area contributed by atoms with Crippen molar-refractivity contribution in [3.63, 3.8) is 0 Å². The van der Waals surface area contributed by atoms with Gasteiger partial charge in [0, 0.05) is 23.8 Å². The molecule has 4 rings (SSSR count). The maximum absolute atomic E-state index is 13.1. The van der Waals surface area contributed by atoms with Gasteiger partial charge < -0.3 is 10.1 Å². The quantitative estimate of drug-likeness (QED) is 0.690. The van der Waals surface area contributed by atoms with E-state index >= 15 is 0 Å². The number of benzene rings is 1. The van der Waals surface area contributed by atoms with Crippen molar-refractivity contribution < 1.29 is 9.53 Å². The van der Waals surface area contributed by atoms with E-state index in [0.29, 0.717) is 46.5 Å². The highest BCUT2D eigenvalue weighted by Crippen LogP contribution is 2.31. The molecule has 8 nitrogen and oxygen atoms in total. The highest BCUT2D eigenvalue weighted by molar-refractivity contribution is 6.31. The van der Waals surface area contributed by atoms with E-state index < -0.39 is 5.54 Å². The van der Waals surface area contributed by atoms with E-state index in [1.54, 1.807) is 35.0 Å². The van der Waals surface area contributed by atoms with Crippen molar-refractivity contribution in [2.24, 2.45) is 0 Å². The molecule has 1 amide bonds. The van der Waals surface area contributed by atoms with Gasteiger partial charge in [0.25, 0.3) is 11.5 Å². The summed E-state index contributed by atoms with van der Waals surface area (Å²) in [6, 6.07) is 8.00. The molecule has 1 N–H and O–H groups in total. The molecule has 1 aliphatic rings. The Kier molecular flexibility index (Phi) is 5.26. The van der Waals surface area contributed by atoms with Crippen LogP contribution >= 0.6 is 11.6 Å². The molecule has 2 aromatic heterocycles. The van der Waals surface area contributed by atoms with Crippen LogP contribution in [0.25, 0.3) is 11.4 Å². The summed E-state index contributed by atoms with van der Waals surface area (Å²) < 4.78 is 6.91. The minimum Gasteiger partial charge on any atom is -0.496 e. The average molecular weight is 426 g/mol. The summed E-state index contributed by atoms with van der Waals surface area (Å²) in [5.41, 5.74) is 0.259. The number of hydrogen-bond acceptors (Lipinski definition) is 6. The van der Waals surface area contributed by atoms with Crippen molar-refractivity contribution in [2.75, 3.05) is 7.11 Å². The molecular formula is C21H20ClN5O3. The second-order valence-electron chi connectivity index (χ2n) is 7.28. The van der Waals surface area contributed by atoms with Gasteiger partial charge in [0.05, 0.1) is 29.6 Å². The molecule has 0 fully saturated rings. The van der Waals surface area contributed by atoms with Gasteiger partial charge in [0.1, 0.15) is 17.9 Å². The maximum atomic E-state index is 13.1. The molecule has 0 aliphatic carbocycles. The minimum atomic E-state index is -0.856. The molecule has 3 heterocycles. The van der Waals surface area contributed by atoms with E-state index in [2.05, 4.69) is 15.3 Å². The number of aromatic nitrogens is 4. The first kappa shape index (κ1) is 20.0. The van der Waals surface area contributed by atoms with E-state index in [1.807, 2.05) is 6.92 Å². The molecule has 0 bridgehead atoms. The van der Waals surface area contributed by atoms with E-state index in [1.165, 1.54) is 19.5 Å². The highest BCUT2D eigenvalue weighted by atomic mass is 35.5. The fourth-order valence-electron chi connectivity index (χ4n) is 3.71. The van der Waals surface area contributed by atoms with Crippen molar-refractivity contribution in [3.05, 3.63) is 69.6 Å². The monoisotopic (exact) mass is 425 g/mol. The molecule has 1 unspecified atom stereocenters. The van der Waals surface area contributed by atoms with Crippen LogP contribution in [-0.4, -0.2) is 32.5 Å². The van der Waals surface area contributed by atoms with E-state index in [0.717, 1.165) is 6.42 Å². The van der Waals surface area contributed by atoms with Crippen LogP contribution in [0.1, 0.15) is 35.9 Å². The number of rotatable bonds is 4. The Hall–Kier alpha value is -3.26. The van der Waals surface area contributed by atoms with Gasteiger partial charge in [0.2, 0.25) is 0 Å². The van der Waals surface area contributed by atoms with Crippen molar-refractivity contribution in [3.8, 4) is 17.1 Å². The molecule has 1 atom stereocenters. The Morgan fingerprint density at radius 3 is 2.83 bits per heavy atom. The smallest absolute Gasteiger partial charge is 0.255 e. The standard InChI is InChI=1S/C21H20ClN5O3/c1-21(26-19(29)14-10-13(22)4-5-17(14)30-2)7-3-9-27-18(28)11-16(25-20(21)27)15-6-8-23-12-24-15/h4-6,8,10-12H,3,7,9H2,1-2H3,(H,26,29). The van der Waals surface area contributed by atoms with Crippen LogP contribution in [0.4, 0.5) is 0 Å². The topological polar surface area (TPSA) is 99.0 Å². The molecule has 154 valence electrons. The number of hydrogen-bond donors (Lipinski definition) is 1. The summed E-state index contributed by atoms with van der Waals surface area (Å²) in [7, 11) is 1.49. The number of ether oxygens (including phenoxy) is 1. The third-order valence-electron chi connectivity index (χ3n) is 5.20. The molecule has 0 spiro atoms. The van der Waals surface area contributed by atoms with Crippen molar-refractivity contribution in [1.29, 1.82) is 0 Å². The van der Waals surface area contributed by atoms with Crippen molar-refractivity contribution in [1.82, 2.24) is 24.8 Å². The average Bonchev–Trinajstić information content (AvgIpc) is 2.75. The number of carbonyl (C=O) groups excluding carboxylic acids is 1. The number of nitrogens with zero attached hydrogens (tertiary/aromatic N) is 4. The Morgan fingerprint density at radius 1 is 1.27 bits per heavy atom. The van der Waals surface area contributed by atoms with Crippen LogP contribution in [0.3, 0.4) is 0 Å². The second-order valence-corrected chi connectivity index (χ2v) is 7.72. The first-order valence-electron chi connectivity index (χ1n) is 9.46. The second kappa shape index (κ2) is 7.87. The Morgan fingerprint density at radius 2 is 2.10 bits per heavy atom. The lowest BCUT2D eigenvalue weighted by molar-refractivity contribution is 0.0877. The zero-order valence-corrected chi connectivity index (χ0v) is 17.3. The number of carbonyl (C=O) groups is 1. The fourth-order valence-corrected chi connectivity index (χ4v) is 3.89. The predicted molar refractivity (Wildman–Crippen MR) is 112 cm³/mol. The predicted octanol–water partition coefficient (Wildman–Crippen LogP) is 2.80. The molecule has 0 radical (unpaired) electrons. The van der Waals surface area contributed by atoms with Gasteiger partial charge in [-0.05, 0) is 44.0 Å². The third-order valence-corrected chi connectivity index (χ3v) is 5.44. The van der Waals surface area contributed by atoms with Crippen LogP contribution in [-0.2, 0) is 12.1 Å². The van der Waals surface area contributed by atoms with Gasteiger partial charge in [-0.3, -0.25) is 14.2 Å². The zero-order valence-electron chi connectivity index (χ0n) is 16.6. The van der Waals surface area contributed by atoms with Gasteiger partial charge in [-0.1, -0.05) is 11.6 Å². The highest BCUT2D eigenvalue weighted by Gasteiger charge is 2.37. The largest absolute Gasteiger partial charge is 0.496 e. The van der Waals surface area contributed by atoms with Crippen LogP contribution in [0.15, 0.2) is 47.7 Å². The summed E-state index contributed by atoms with van der Waals surface area (Å²) >= 11 is 6.08. The van der Waals surface area contributed by atoms with Crippen LogP contribution < -0.4 is 15.6 Å². The lowest BCUT2D eigenvalue weighted by Crippen LogP contribution is -2.50. The van der Waals surface area contributed by atoms with Crippen LogP contribution in [0.2, 0.25) is 5.02 Å². The van der Waals surface area contributed by atoms with E-state index in [4.69, 9.17) is 21.3 Å². The van der Waals surface area contributed by atoms with Gasteiger partial charge in [-0.15, -0.1) is 0 Å². The molecule has 9 heteroatoms. The number of methoxy groups -OCH3 is 1. The van der Waals surface area contributed by atoms with Gasteiger partial charge >= 0.3 is 0 Å². The summed E-state index contributed by atoms with van der Waals surface area (Å²) in [5.74, 6) is 0.549. The lowest BCUT2D eigenvalue weighted by Gasteiger charge is -2.36. The summed E-state index contributed by atoms with van der Waals surface area (Å²) in [4.78, 5) is 38.7. The number of halogens is 1. The summed E-state index contributed by atoms with van der Waals surface area (Å²) in [6.07, 6.45) is 4.35. The van der Waals surface area contributed by atoms with Gasteiger partial charge in [0.15, 0.2) is 0 Å². The first-order valence-corrected chi connectivity index (χ1v) is 9.84. The van der Waals surface area contributed by atoms with Crippen LogP contribution in [0, 0.1) is 0 Å². The van der Waals surface area contributed by atoms with Crippen molar-refractivity contribution >= 4 is 17.5 Å². The molecule has 0 saturated carbocycles. The molecule has 3 aromatic rings. The molecule has 1 aromatic carbocycles. The molecule has 0 saturated heterocycles. The SMILES string of the molecule is COc1ccc(Cl)cc1C(=O)NC1(C)CCCn2c1nc(-c1ccncn1)cc2=O. The molecular weight excluding hydrogens is 406 g/mol. The minimum absolute atomic E-state index is 0.186. The molecule has 1 aliphatic heterocycles. The Balaban J connectivity index is 1.76. The number of amides is 1. The number of fused-ring (bicyclic) bond motifs is 1. The fraction of sp³-hybridized carbons (Fsp3) is 0.286. The van der Waals surface area contributed by atoms with Crippen molar-refractivity contribution in [2.45, 2.75) is 31.8 Å². The molecule has 30 heavy (non-hydrogen) atoms. The first-order chi connectivity index (χ1) is 14.4. The number of nitrogens with one attached hydrogen (secondary N) is 1.